The van der Waals surface area contributed by atoms with Gasteiger partial charge in [0.25, 0.3) is 0 Å². The number of aliphatic hydroxyl groups excluding tert-OH is 1. The number of nitrogens with two attached hydrogens (primary N) is 1. The van der Waals surface area contributed by atoms with Crippen molar-refractivity contribution in [2.75, 3.05) is 13.1 Å². The predicted octanol–water partition coefficient (Wildman–Crippen LogP) is 1.46. The Kier molecular flexibility index (Phi) is 6.53. The summed E-state index contributed by atoms with van der Waals surface area (Å²) in [6, 6.07) is 9.29. The van der Waals surface area contributed by atoms with Crippen LogP contribution in [0.1, 0.15) is 31.9 Å². The highest BCUT2D eigenvalue weighted by Gasteiger charge is 2.19. The molecule has 1 rings (SSSR count). The van der Waals surface area contributed by atoms with Gasteiger partial charge in [0, 0.05) is 13.1 Å². The van der Waals surface area contributed by atoms with E-state index in [-0.39, 0.29) is 18.4 Å². The maximum atomic E-state index is 11.9. The summed E-state index contributed by atoms with van der Waals surface area (Å²) in [5.74, 6) is 0.174. The summed E-state index contributed by atoms with van der Waals surface area (Å²) in [6.07, 6.45) is 0.0895. The van der Waals surface area contributed by atoms with E-state index in [0.29, 0.717) is 12.5 Å². The minimum atomic E-state index is -0.678. The molecule has 0 aromatic heterocycles. The van der Waals surface area contributed by atoms with Crippen LogP contribution in [0.2, 0.25) is 0 Å². The summed E-state index contributed by atoms with van der Waals surface area (Å²) in [6.45, 7) is 4.69. The Bertz CT molecular complexity index is 379. The molecular weight excluding hydrogens is 240 g/mol. The van der Waals surface area contributed by atoms with Crippen molar-refractivity contribution >= 4 is 5.91 Å². The molecule has 0 bridgehead atoms. The van der Waals surface area contributed by atoms with Crippen LogP contribution in [-0.2, 0) is 4.79 Å². The van der Waals surface area contributed by atoms with Crippen LogP contribution >= 0.6 is 0 Å². The SMILES string of the molecule is CC(C)CC(CN)C(=O)NCC(O)c1ccccc1. The van der Waals surface area contributed by atoms with Crippen LogP contribution in [0.25, 0.3) is 0 Å². The van der Waals surface area contributed by atoms with E-state index < -0.39 is 6.10 Å². The summed E-state index contributed by atoms with van der Waals surface area (Å²) in [4.78, 5) is 11.9. The molecule has 1 aromatic carbocycles. The van der Waals surface area contributed by atoms with Gasteiger partial charge in [0.05, 0.1) is 12.0 Å². The van der Waals surface area contributed by atoms with Gasteiger partial charge in [-0.05, 0) is 17.9 Å². The zero-order valence-electron chi connectivity index (χ0n) is 11.7. The van der Waals surface area contributed by atoms with E-state index >= 15 is 0 Å². The summed E-state index contributed by atoms with van der Waals surface area (Å²) in [5.41, 5.74) is 6.42. The lowest BCUT2D eigenvalue weighted by Crippen LogP contribution is -2.37. The van der Waals surface area contributed by atoms with Crippen molar-refractivity contribution in [1.29, 1.82) is 0 Å². The lowest BCUT2D eigenvalue weighted by atomic mass is 9.96. The highest BCUT2D eigenvalue weighted by molar-refractivity contribution is 5.78. The Labute approximate surface area is 115 Å². The Hall–Kier alpha value is -1.39. The molecule has 0 aliphatic heterocycles. The predicted molar refractivity (Wildman–Crippen MR) is 76.4 cm³/mol. The van der Waals surface area contributed by atoms with E-state index in [2.05, 4.69) is 19.2 Å². The molecule has 0 heterocycles. The number of nitrogens with one attached hydrogen (secondary N) is 1. The highest BCUT2D eigenvalue weighted by Crippen LogP contribution is 2.13. The second-order valence-electron chi connectivity index (χ2n) is 5.23. The minimum Gasteiger partial charge on any atom is -0.387 e. The Balaban J connectivity index is 2.45. The molecule has 1 aromatic rings. The van der Waals surface area contributed by atoms with Gasteiger partial charge in [-0.15, -0.1) is 0 Å². The van der Waals surface area contributed by atoms with Gasteiger partial charge >= 0.3 is 0 Å². The van der Waals surface area contributed by atoms with Gasteiger partial charge in [0.15, 0.2) is 0 Å². The van der Waals surface area contributed by atoms with E-state index in [9.17, 15) is 9.90 Å². The van der Waals surface area contributed by atoms with E-state index in [0.717, 1.165) is 12.0 Å². The molecule has 1 amide bonds. The molecule has 0 radical (unpaired) electrons. The summed E-state index contributed by atoms with van der Waals surface area (Å²) >= 11 is 0. The lowest BCUT2D eigenvalue weighted by Gasteiger charge is -2.18. The first-order valence-electron chi connectivity index (χ1n) is 6.75. The van der Waals surface area contributed by atoms with Crippen LogP contribution < -0.4 is 11.1 Å². The average molecular weight is 264 g/mol. The standard InChI is InChI=1S/C15H24N2O2/c1-11(2)8-13(9-16)15(19)17-10-14(18)12-6-4-3-5-7-12/h3-7,11,13-14,18H,8-10,16H2,1-2H3,(H,17,19). The van der Waals surface area contributed by atoms with Crippen LogP contribution in [-0.4, -0.2) is 24.1 Å². The molecule has 0 aliphatic rings. The molecule has 0 fully saturated rings. The van der Waals surface area contributed by atoms with E-state index in [1.54, 1.807) is 0 Å². The summed E-state index contributed by atoms with van der Waals surface area (Å²) in [5, 5.41) is 12.7. The Morgan fingerprint density at radius 1 is 1.32 bits per heavy atom. The number of carbonyl (C=O) groups is 1. The van der Waals surface area contributed by atoms with E-state index in [1.165, 1.54) is 0 Å². The first-order chi connectivity index (χ1) is 9.04. The van der Waals surface area contributed by atoms with Crippen LogP contribution in [0.3, 0.4) is 0 Å². The summed E-state index contributed by atoms with van der Waals surface area (Å²) in [7, 11) is 0. The maximum absolute atomic E-state index is 11.9. The number of amides is 1. The van der Waals surface area contributed by atoms with Gasteiger partial charge in [-0.25, -0.2) is 0 Å². The third kappa shape index (κ3) is 5.41. The molecule has 106 valence electrons. The van der Waals surface area contributed by atoms with Crippen molar-refractivity contribution in [2.24, 2.45) is 17.6 Å². The number of carbonyl (C=O) groups excluding carboxylic acids is 1. The molecule has 4 N–H and O–H groups in total. The largest absolute Gasteiger partial charge is 0.387 e. The molecule has 0 saturated carbocycles. The van der Waals surface area contributed by atoms with Gasteiger partial charge < -0.3 is 16.2 Å². The first-order valence-corrected chi connectivity index (χ1v) is 6.75. The molecule has 2 atom stereocenters. The second-order valence-corrected chi connectivity index (χ2v) is 5.23. The fraction of sp³-hybridized carbons (Fsp3) is 0.533. The quantitative estimate of drug-likeness (QED) is 0.698. The smallest absolute Gasteiger partial charge is 0.224 e. The molecule has 4 nitrogen and oxygen atoms in total. The lowest BCUT2D eigenvalue weighted by molar-refractivity contribution is -0.125. The Morgan fingerprint density at radius 2 is 1.95 bits per heavy atom. The number of benzene rings is 1. The number of hydrogen-bond acceptors (Lipinski definition) is 3. The van der Waals surface area contributed by atoms with Gasteiger partial charge in [-0.1, -0.05) is 44.2 Å². The molecule has 0 aliphatic carbocycles. The van der Waals surface area contributed by atoms with Crippen molar-refractivity contribution in [3.63, 3.8) is 0 Å². The Morgan fingerprint density at radius 3 is 2.47 bits per heavy atom. The van der Waals surface area contributed by atoms with Crippen molar-refractivity contribution in [3.8, 4) is 0 Å². The van der Waals surface area contributed by atoms with Gasteiger partial charge in [0.1, 0.15) is 0 Å². The average Bonchev–Trinajstić information content (AvgIpc) is 2.42. The molecule has 2 unspecified atom stereocenters. The fourth-order valence-electron chi connectivity index (χ4n) is 2.01. The zero-order chi connectivity index (χ0) is 14.3. The topological polar surface area (TPSA) is 75.4 Å². The molecule has 0 saturated heterocycles. The fourth-order valence-corrected chi connectivity index (χ4v) is 2.01. The third-order valence-electron chi connectivity index (χ3n) is 3.07. The maximum Gasteiger partial charge on any atom is 0.224 e. The molecule has 0 spiro atoms. The van der Waals surface area contributed by atoms with Crippen molar-refractivity contribution in [1.82, 2.24) is 5.32 Å². The monoisotopic (exact) mass is 264 g/mol. The van der Waals surface area contributed by atoms with Crippen LogP contribution in [0.15, 0.2) is 30.3 Å². The van der Waals surface area contributed by atoms with E-state index in [1.807, 2.05) is 30.3 Å². The van der Waals surface area contributed by atoms with Gasteiger partial charge in [0.2, 0.25) is 5.91 Å². The normalized spacial score (nSPS) is 14.2. The third-order valence-corrected chi connectivity index (χ3v) is 3.07. The number of aliphatic hydroxyl groups is 1. The van der Waals surface area contributed by atoms with Crippen LogP contribution in [0.5, 0.6) is 0 Å². The highest BCUT2D eigenvalue weighted by atomic mass is 16.3. The molecular formula is C15H24N2O2. The first kappa shape index (κ1) is 15.7. The molecule has 19 heavy (non-hydrogen) atoms. The molecule has 4 heteroatoms. The van der Waals surface area contributed by atoms with E-state index in [4.69, 9.17) is 5.73 Å². The number of rotatable bonds is 7. The van der Waals surface area contributed by atoms with Crippen LogP contribution in [0, 0.1) is 11.8 Å². The second kappa shape index (κ2) is 7.92. The van der Waals surface area contributed by atoms with Gasteiger partial charge in [-0.3, -0.25) is 4.79 Å². The number of hydrogen-bond donors (Lipinski definition) is 3. The van der Waals surface area contributed by atoms with Crippen LogP contribution in [0.4, 0.5) is 0 Å². The minimum absolute atomic E-state index is 0.0776. The van der Waals surface area contributed by atoms with Gasteiger partial charge in [-0.2, -0.15) is 0 Å². The summed E-state index contributed by atoms with van der Waals surface area (Å²) < 4.78 is 0. The van der Waals surface area contributed by atoms with Crippen molar-refractivity contribution in [3.05, 3.63) is 35.9 Å². The zero-order valence-corrected chi connectivity index (χ0v) is 11.7. The van der Waals surface area contributed by atoms with Crippen molar-refractivity contribution < 1.29 is 9.90 Å². The van der Waals surface area contributed by atoms with Crippen molar-refractivity contribution in [2.45, 2.75) is 26.4 Å².